The Bertz CT molecular complexity index is 811. The van der Waals surface area contributed by atoms with Gasteiger partial charge in [-0.05, 0) is 31.2 Å². The van der Waals surface area contributed by atoms with E-state index < -0.39 is 5.79 Å². The molecule has 0 atom stereocenters. The van der Waals surface area contributed by atoms with E-state index in [0.717, 1.165) is 11.4 Å². The van der Waals surface area contributed by atoms with Crippen molar-refractivity contribution in [1.82, 2.24) is 15.1 Å². The van der Waals surface area contributed by atoms with Gasteiger partial charge < -0.3 is 24.4 Å². The van der Waals surface area contributed by atoms with Crippen LogP contribution in [0.25, 0.3) is 0 Å². The highest BCUT2D eigenvalue weighted by Crippen LogP contribution is 2.31. The lowest BCUT2D eigenvalue weighted by molar-refractivity contribution is -0.181. The summed E-state index contributed by atoms with van der Waals surface area (Å²) in [6, 6.07) is 11.1. The Kier molecular flexibility index (Phi) is 5.40. The molecule has 2 aliphatic heterocycles. The van der Waals surface area contributed by atoms with E-state index in [9.17, 15) is 4.79 Å². The molecule has 1 aromatic carbocycles. The van der Waals surface area contributed by atoms with Crippen molar-refractivity contribution >= 4 is 17.4 Å². The first-order chi connectivity index (χ1) is 13.7. The molecule has 1 N–H and O–H groups in total. The Hall–Kier alpha value is -2.71. The van der Waals surface area contributed by atoms with Crippen molar-refractivity contribution < 1.29 is 19.0 Å². The number of ether oxygens (including phenoxy) is 3. The van der Waals surface area contributed by atoms with Gasteiger partial charge in [0.15, 0.2) is 17.3 Å². The van der Waals surface area contributed by atoms with Gasteiger partial charge in [-0.25, -0.2) is 0 Å². The molecule has 0 saturated carbocycles. The second-order valence-corrected chi connectivity index (χ2v) is 6.76. The Morgan fingerprint density at radius 2 is 1.89 bits per heavy atom. The minimum atomic E-state index is -0.496. The number of carbonyl (C=O) groups is 1. The fraction of sp³-hybridized carbons (Fsp3) is 0.450. The normalized spacial score (nSPS) is 18.2. The zero-order chi connectivity index (χ0) is 19.4. The summed E-state index contributed by atoms with van der Waals surface area (Å²) < 4.78 is 17.0. The molecule has 1 amide bonds. The van der Waals surface area contributed by atoms with Gasteiger partial charge in [-0.2, -0.15) is 0 Å². The number of hydrogen-bond donors (Lipinski definition) is 1. The van der Waals surface area contributed by atoms with Crippen LogP contribution in [0, 0.1) is 0 Å². The Labute approximate surface area is 163 Å². The molecular weight excluding hydrogens is 360 g/mol. The number of aromatic nitrogens is 2. The third-order valence-electron chi connectivity index (χ3n) is 4.96. The predicted molar refractivity (Wildman–Crippen MR) is 103 cm³/mol. The van der Waals surface area contributed by atoms with E-state index in [4.69, 9.17) is 14.2 Å². The largest absolute Gasteiger partial charge is 0.492 e. The molecule has 0 bridgehead atoms. The zero-order valence-electron chi connectivity index (χ0n) is 15.9. The van der Waals surface area contributed by atoms with Crippen LogP contribution in [0.15, 0.2) is 36.4 Å². The second-order valence-electron chi connectivity index (χ2n) is 6.76. The van der Waals surface area contributed by atoms with Gasteiger partial charge in [-0.3, -0.25) is 4.79 Å². The first-order valence-corrected chi connectivity index (χ1v) is 9.59. The molecule has 8 nitrogen and oxygen atoms in total. The van der Waals surface area contributed by atoms with Crippen molar-refractivity contribution in [2.24, 2.45) is 0 Å². The Balaban J connectivity index is 1.39. The topological polar surface area (TPSA) is 85.8 Å². The number of piperidine rings is 1. The highest BCUT2D eigenvalue weighted by atomic mass is 16.7. The molecule has 2 aliphatic rings. The lowest BCUT2D eigenvalue weighted by Crippen LogP contribution is -2.47. The fourth-order valence-corrected chi connectivity index (χ4v) is 3.50. The molecule has 1 aromatic heterocycles. The zero-order valence-corrected chi connectivity index (χ0v) is 15.9. The molecule has 2 fully saturated rings. The van der Waals surface area contributed by atoms with E-state index >= 15 is 0 Å². The lowest BCUT2D eigenvalue weighted by Gasteiger charge is -2.37. The number of para-hydroxylation sites is 2. The fourth-order valence-electron chi connectivity index (χ4n) is 3.50. The van der Waals surface area contributed by atoms with Gasteiger partial charge in [0.05, 0.1) is 25.5 Å². The van der Waals surface area contributed by atoms with Crippen LogP contribution < -0.4 is 10.1 Å². The van der Waals surface area contributed by atoms with Gasteiger partial charge in [0.25, 0.3) is 5.91 Å². The molecule has 0 radical (unpaired) electrons. The maximum absolute atomic E-state index is 12.7. The first kappa shape index (κ1) is 18.6. The number of hydrogen-bond acceptors (Lipinski definition) is 7. The highest BCUT2D eigenvalue weighted by Gasteiger charge is 2.41. The number of benzene rings is 1. The third kappa shape index (κ3) is 3.93. The van der Waals surface area contributed by atoms with Gasteiger partial charge in [-0.1, -0.05) is 12.1 Å². The number of likely N-dealkylation sites (tertiary alicyclic amines) is 1. The van der Waals surface area contributed by atoms with Crippen molar-refractivity contribution in [3.63, 3.8) is 0 Å². The van der Waals surface area contributed by atoms with Crippen molar-refractivity contribution in [2.45, 2.75) is 25.6 Å². The molecular formula is C20H24N4O4. The Morgan fingerprint density at radius 1 is 1.14 bits per heavy atom. The second kappa shape index (κ2) is 8.12. The minimum Gasteiger partial charge on any atom is -0.492 e. The predicted octanol–water partition coefficient (Wildman–Crippen LogP) is 2.60. The number of nitrogens with zero attached hydrogens (tertiary/aromatic N) is 3. The van der Waals surface area contributed by atoms with Gasteiger partial charge in [-0.15, -0.1) is 10.2 Å². The standard InChI is InChI=1S/C20H24N4O4/c1-2-26-17-6-4-3-5-15(17)21-18-8-7-16(22-23-18)19(25)24-11-9-20(10-12-24)27-13-14-28-20/h3-8H,2,9-14H2,1H3,(H,21,23). The number of nitrogens with one attached hydrogen (secondary N) is 1. The van der Waals surface area contributed by atoms with Gasteiger partial charge in [0.2, 0.25) is 0 Å². The molecule has 0 unspecified atom stereocenters. The van der Waals surface area contributed by atoms with Crippen LogP contribution in [0.3, 0.4) is 0 Å². The summed E-state index contributed by atoms with van der Waals surface area (Å²) in [5.74, 6) is 0.672. The summed E-state index contributed by atoms with van der Waals surface area (Å²) in [5.41, 5.74) is 1.13. The molecule has 4 rings (SSSR count). The van der Waals surface area contributed by atoms with E-state index in [1.807, 2.05) is 31.2 Å². The van der Waals surface area contributed by atoms with Crippen molar-refractivity contribution in [2.75, 3.05) is 38.2 Å². The molecule has 2 aromatic rings. The van der Waals surface area contributed by atoms with E-state index in [1.54, 1.807) is 17.0 Å². The first-order valence-electron chi connectivity index (χ1n) is 9.59. The number of amides is 1. The summed E-state index contributed by atoms with van der Waals surface area (Å²) in [6.45, 7) is 4.93. The molecule has 8 heteroatoms. The SMILES string of the molecule is CCOc1ccccc1Nc1ccc(C(=O)N2CCC3(CC2)OCCO3)nn1. The van der Waals surface area contributed by atoms with Crippen LogP contribution in [0.5, 0.6) is 5.75 Å². The molecule has 0 aliphatic carbocycles. The Morgan fingerprint density at radius 3 is 2.57 bits per heavy atom. The van der Waals surface area contributed by atoms with Crippen LogP contribution in [0.2, 0.25) is 0 Å². The number of anilines is 2. The third-order valence-corrected chi connectivity index (χ3v) is 4.96. The lowest BCUT2D eigenvalue weighted by atomic mass is 10.0. The van der Waals surface area contributed by atoms with E-state index in [0.29, 0.717) is 57.3 Å². The van der Waals surface area contributed by atoms with E-state index in [-0.39, 0.29) is 5.91 Å². The molecule has 1 spiro atoms. The van der Waals surface area contributed by atoms with Crippen molar-refractivity contribution in [1.29, 1.82) is 0 Å². The maximum Gasteiger partial charge on any atom is 0.274 e. The number of rotatable bonds is 5. The molecule has 148 valence electrons. The summed E-state index contributed by atoms with van der Waals surface area (Å²) in [4.78, 5) is 14.5. The molecule has 2 saturated heterocycles. The van der Waals surface area contributed by atoms with E-state index in [2.05, 4.69) is 15.5 Å². The van der Waals surface area contributed by atoms with Crippen LogP contribution in [0.1, 0.15) is 30.3 Å². The van der Waals surface area contributed by atoms with Gasteiger partial charge >= 0.3 is 0 Å². The monoisotopic (exact) mass is 384 g/mol. The molecule has 28 heavy (non-hydrogen) atoms. The average molecular weight is 384 g/mol. The quantitative estimate of drug-likeness (QED) is 0.848. The summed E-state index contributed by atoms with van der Waals surface area (Å²) in [6.07, 6.45) is 1.36. The molecule has 3 heterocycles. The summed E-state index contributed by atoms with van der Waals surface area (Å²) >= 11 is 0. The van der Waals surface area contributed by atoms with Crippen LogP contribution in [-0.2, 0) is 9.47 Å². The highest BCUT2D eigenvalue weighted by molar-refractivity contribution is 5.92. The van der Waals surface area contributed by atoms with Crippen molar-refractivity contribution in [3.05, 3.63) is 42.1 Å². The summed E-state index contributed by atoms with van der Waals surface area (Å²) in [7, 11) is 0. The van der Waals surface area contributed by atoms with Crippen LogP contribution >= 0.6 is 0 Å². The van der Waals surface area contributed by atoms with Gasteiger partial charge in [0, 0.05) is 25.9 Å². The van der Waals surface area contributed by atoms with Crippen LogP contribution in [-0.4, -0.2) is 59.7 Å². The van der Waals surface area contributed by atoms with Crippen LogP contribution in [0.4, 0.5) is 11.5 Å². The number of carbonyl (C=O) groups excluding carboxylic acids is 1. The van der Waals surface area contributed by atoms with E-state index in [1.165, 1.54) is 0 Å². The van der Waals surface area contributed by atoms with Crippen molar-refractivity contribution in [3.8, 4) is 5.75 Å². The maximum atomic E-state index is 12.7. The summed E-state index contributed by atoms with van der Waals surface area (Å²) in [5, 5.41) is 11.4. The average Bonchev–Trinajstić information content (AvgIpc) is 3.18. The van der Waals surface area contributed by atoms with Gasteiger partial charge in [0.1, 0.15) is 5.75 Å². The smallest absolute Gasteiger partial charge is 0.274 e. The minimum absolute atomic E-state index is 0.124.